The molecule has 27 heavy (non-hydrogen) atoms. The molecular formula is C16H6F7NO2S. The molecule has 0 fully saturated rings. The summed E-state index contributed by atoms with van der Waals surface area (Å²) in [4.78, 5) is -1.42. The van der Waals surface area contributed by atoms with Gasteiger partial charge in [-0.1, -0.05) is 0 Å². The van der Waals surface area contributed by atoms with Crippen molar-refractivity contribution in [1.29, 1.82) is 5.26 Å². The number of nitriles is 1. The number of halogens is 7. The highest BCUT2D eigenvalue weighted by Gasteiger charge is 2.59. The van der Waals surface area contributed by atoms with E-state index < -0.39 is 61.7 Å². The van der Waals surface area contributed by atoms with E-state index in [0.717, 1.165) is 18.2 Å². The summed E-state index contributed by atoms with van der Waals surface area (Å²) in [6.45, 7) is 0. The van der Waals surface area contributed by atoms with Crippen molar-refractivity contribution in [2.75, 3.05) is 0 Å². The summed E-state index contributed by atoms with van der Waals surface area (Å²) in [5, 5.41) is 4.19. The molecule has 142 valence electrons. The molecule has 0 bridgehead atoms. The number of fused-ring (bicyclic) bond motifs is 1. The van der Waals surface area contributed by atoms with E-state index in [4.69, 9.17) is 10.00 Å². The number of rotatable bonds is 2. The fourth-order valence-electron chi connectivity index (χ4n) is 2.54. The molecule has 0 unspecified atom stereocenters. The Morgan fingerprint density at radius 2 is 1.85 bits per heavy atom. The lowest BCUT2D eigenvalue weighted by atomic mass is 10.0. The molecular weight excluding hydrogens is 403 g/mol. The van der Waals surface area contributed by atoms with Crippen LogP contribution in [0.5, 0.6) is 11.5 Å². The Morgan fingerprint density at radius 3 is 2.44 bits per heavy atom. The third kappa shape index (κ3) is 3.14. The Kier molecular flexibility index (Phi) is 4.42. The molecule has 0 N–H and O–H groups in total. The quantitative estimate of drug-likeness (QED) is 0.638. The van der Waals surface area contributed by atoms with Crippen LogP contribution in [-0.2, 0) is 17.0 Å². The maximum atomic E-state index is 14.2. The van der Waals surface area contributed by atoms with Gasteiger partial charge in [0.15, 0.2) is 0 Å². The lowest BCUT2D eigenvalue weighted by molar-refractivity contribution is -0.139. The zero-order chi connectivity index (χ0) is 20.1. The zero-order valence-electron chi connectivity index (χ0n) is 12.8. The maximum Gasteiger partial charge on any atom is 0.417 e. The molecule has 1 aliphatic heterocycles. The standard InChI is InChI=1S/C16H6F7NO2S/c17-8-3-7(6-24)4-9(5-8)26-11-2-1-10(15(19,20)21)13-12(11)14(18)16(22,23)27(13)25/h1-5,14H/t14-,27-/m0/s1. The van der Waals surface area contributed by atoms with Crippen LogP contribution in [0.4, 0.5) is 30.7 Å². The second kappa shape index (κ2) is 6.23. The van der Waals surface area contributed by atoms with Gasteiger partial charge in [0.2, 0.25) is 6.17 Å². The van der Waals surface area contributed by atoms with Gasteiger partial charge in [0, 0.05) is 6.07 Å². The summed E-state index contributed by atoms with van der Waals surface area (Å²) in [7, 11) is -3.61. The minimum atomic E-state index is -5.16. The van der Waals surface area contributed by atoms with Gasteiger partial charge in [-0.2, -0.15) is 27.2 Å². The SMILES string of the molecule is N#Cc1cc(F)cc(Oc2ccc(C(F)(F)F)c3c2[C@H](F)C(F)(F)[S@]3=O)c1. The van der Waals surface area contributed by atoms with Crippen molar-refractivity contribution in [3.05, 3.63) is 52.8 Å². The summed E-state index contributed by atoms with van der Waals surface area (Å²) in [6, 6.07) is 5.02. The van der Waals surface area contributed by atoms with Crippen LogP contribution in [0.1, 0.15) is 22.9 Å². The number of nitrogens with zero attached hydrogens (tertiary/aromatic N) is 1. The van der Waals surface area contributed by atoms with E-state index in [9.17, 15) is 34.9 Å². The number of hydrogen-bond acceptors (Lipinski definition) is 3. The van der Waals surface area contributed by atoms with Crippen molar-refractivity contribution in [2.24, 2.45) is 0 Å². The number of ether oxygens (including phenoxy) is 1. The van der Waals surface area contributed by atoms with E-state index in [0.29, 0.717) is 12.1 Å². The van der Waals surface area contributed by atoms with Crippen molar-refractivity contribution >= 4 is 10.8 Å². The largest absolute Gasteiger partial charge is 0.457 e. The zero-order valence-corrected chi connectivity index (χ0v) is 13.6. The molecule has 2 atom stereocenters. The van der Waals surface area contributed by atoms with Crippen molar-refractivity contribution in [3.8, 4) is 17.6 Å². The molecule has 11 heteroatoms. The van der Waals surface area contributed by atoms with Gasteiger partial charge in [0.05, 0.1) is 27.7 Å². The summed E-state index contributed by atoms with van der Waals surface area (Å²) in [5.74, 6) is -2.16. The highest BCUT2D eigenvalue weighted by Crippen LogP contribution is 2.55. The molecule has 0 spiro atoms. The average molecular weight is 409 g/mol. The van der Waals surface area contributed by atoms with Crippen LogP contribution in [0.2, 0.25) is 0 Å². The summed E-state index contributed by atoms with van der Waals surface area (Å²) in [5.41, 5.74) is -3.13. The van der Waals surface area contributed by atoms with Crippen molar-refractivity contribution in [2.45, 2.75) is 22.5 Å². The smallest absolute Gasteiger partial charge is 0.417 e. The molecule has 1 heterocycles. The second-order valence-corrected chi connectivity index (χ2v) is 6.92. The normalized spacial score (nSPS) is 20.8. The van der Waals surface area contributed by atoms with Gasteiger partial charge in [-0.05, 0) is 24.3 Å². The van der Waals surface area contributed by atoms with Gasteiger partial charge < -0.3 is 4.74 Å². The maximum absolute atomic E-state index is 14.2. The third-order valence-electron chi connectivity index (χ3n) is 3.67. The first-order valence-electron chi connectivity index (χ1n) is 7.03. The van der Waals surface area contributed by atoms with Crippen LogP contribution < -0.4 is 4.74 Å². The minimum absolute atomic E-state index is 0.223. The topological polar surface area (TPSA) is 50.1 Å². The molecule has 0 amide bonds. The van der Waals surface area contributed by atoms with Crippen LogP contribution in [0.3, 0.4) is 0 Å². The fourth-order valence-corrected chi connectivity index (χ4v) is 3.91. The third-order valence-corrected chi connectivity index (χ3v) is 5.18. The van der Waals surface area contributed by atoms with E-state index in [1.54, 1.807) is 6.07 Å². The van der Waals surface area contributed by atoms with E-state index in [1.165, 1.54) is 0 Å². The van der Waals surface area contributed by atoms with Crippen LogP contribution >= 0.6 is 0 Å². The van der Waals surface area contributed by atoms with E-state index >= 15 is 0 Å². The molecule has 0 radical (unpaired) electrons. The minimum Gasteiger partial charge on any atom is -0.457 e. The molecule has 3 rings (SSSR count). The molecule has 0 saturated heterocycles. The average Bonchev–Trinajstić information content (AvgIpc) is 2.75. The van der Waals surface area contributed by atoms with Gasteiger partial charge in [-0.15, -0.1) is 0 Å². The molecule has 0 aliphatic carbocycles. The van der Waals surface area contributed by atoms with Gasteiger partial charge in [-0.25, -0.2) is 13.0 Å². The lowest BCUT2D eigenvalue weighted by Crippen LogP contribution is -2.22. The fraction of sp³-hybridized carbons (Fsp3) is 0.188. The highest BCUT2D eigenvalue weighted by atomic mass is 32.2. The van der Waals surface area contributed by atoms with Gasteiger partial charge in [-0.3, -0.25) is 0 Å². The molecule has 3 nitrogen and oxygen atoms in total. The predicted octanol–water partition coefficient (Wildman–Crippen LogP) is 5.23. The molecule has 2 aromatic carbocycles. The first-order valence-corrected chi connectivity index (χ1v) is 8.18. The highest BCUT2D eigenvalue weighted by molar-refractivity contribution is 7.86. The summed E-state index contributed by atoms with van der Waals surface area (Å²) < 4.78 is 111. The van der Waals surface area contributed by atoms with Crippen LogP contribution in [0, 0.1) is 17.1 Å². The first kappa shape index (κ1) is 19.2. The molecule has 0 saturated carbocycles. The molecule has 0 aromatic heterocycles. The Morgan fingerprint density at radius 1 is 1.19 bits per heavy atom. The van der Waals surface area contributed by atoms with E-state index in [-0.39, 0.29) is 5.56 Å². The van der Waals surface area contributed by atoms with E-state index in [2.05, 4.69) is 0 Å². The van der Waals surface area contributed by atoms with Crippen LogP contribution in [0.25, 0.3) is 0 Å². The summed E-state index contributed by atoms with van der Waals surface area (Å²) in [6.07, 6.45) is -8.49. The number of hydrogen-bond donors (Lipinski definition) is 0. The Balaban J connectivity index is 2.19. The van der Waals surface area contributed by atoms with Crippen LogP contribution in [-0.4, -0.2) is 9.46 Å². The lowest BCUT2D eigenvalue weighted by Gasteiger charge is -2.15. The predicted molar refractivity (Wildman–Crippen MR) is 77.8 cm³/mol. The van der Waals surface area contributed by atoms with Crippen molar-refractivity contribution < 1.29 is 39.7 Å². The molecule has 2 aromatic rings. The Hall–Kier alpha value is -2.61. The van der Waals surface area contributed by atoms with Gasteiger partial charge in [0.25, 0.3) is 0 Å². The van der Waals surface area contributed by atoms with Crippen molar-refractivity contribution in [3.63, 3.8) is 0 Å². The van der Waals surface area contributed by atoms with Gasteiger partial charge >= 0.3 is 11.4 Å². The number of benzene rings is 2. The van der Waals surface area contributed by atoms with E-state index in [1.807, 2.05) is 0 Å². The molecule has 1 aliphatic rings. The monoisotopic (exact) mass is 409 g/mol. The second-order valence-electron chi connectivity index (χ2n) is 5.43. The number of alkyl halides is 6. The van der Waals surface area contributed by atoms with Crippen LogP contribution in [0.15, 0.2) is 35.2 Å². The Bertz CT molecular complexity index is 997. The van der Waals surface area contributed by atoms with Crippen molar-refractivity contribution in [1.82, 2.24) is 0 Å². The first-order chi connectivity index (χ1) is 12.5. The summed E-state index contributed by atoms with van der Waals surface area (Å²) >= 11 is 0. The Labute approximate surface area is 149 Å². The van der Waals surface area contributed by atoms with Gasteiger partial charge in [0.1, 0.15) is 28.1 Å².